The molecule has 3 heterocycles. The van der Waals surface area contributed by atoms with Crippen molar-refractivity contribution in [3.05, 3.63) is 74.2 Å². The lowest BCUT2D eigenvalue weighted by atomic mass is 9.68. The van der Waals surface area contributed by atoms with Crippen molar-refractivity contribution < 1.29 is 29.0 Å². The van der Waals surface area contributed by atoms with Crippen LogP contribution in [-0.2, 0) is 19.2 Å². The van der Waals surface area contributed by atoms with Crippen molar-refractivity contribution in [3.8, 4) is 5.75 Å². The molecule has 234 valence electrons. The molecule has 1 aromatic heterocycles. The van der Waals surface area contributed by atoms with Gasteiger partial charge in [-0.2, -0.15) is 0 Å². The van der Waals surface area contributed by atoms with Crippen molar-refractivity contribution in [2.45, 2.75) is 49.4 Å². The first-order valence-electron chi connectivity index (χ1n) is 15.1. The van der Waals surface area contributed by atoms with E-state index in [2.05, 4.69) is 10.3 Å². The molecule has 1 saturated heterocycles. The number of anilines is 1. The first kappa shape index (κ1) is 29.8. The number of nitrogens with one attached hydrogen (secondary N) is 2. The number of benzene rings is 2. The first-order chi connectivity index (χ1) is 21.5. The summed E-state index contributed by atoms with van der Waals surface area (Å²) in [6, 6.07) is 13.8. The maximum atomic E-state index is 13.9. The Morgan fingerprint density at radius 1 is 1.07 bits per heavy atom. The number of rotatable bonds is 8. The third-order valence-corrected chi connectivity index (χ3v) is 12.5. The van der Waals surface area contributed by atoms with Crippen LogP contribution in [0.15, 0.2) is 58.4 Å². The van der Waals surface area contributed by atoms with E-state index in [4.69, 9.17) is 4.74 Å². The molecule has 3 aromatic rings. The van der Waals surface area contributed by atoms with Crippen molar-refractivity contribution in [2.75, 3.05) is 11.9 Å². The Hall–Kier alpha value is -3.90. The molecule has 0 spiro atoms. The standard InChI is InChI=1S/C33H33N3O7S2/c1-14(2)26(32(40)41)36-30(38)24-18-12-19(25(24)31(36)39)27-23(18)22(28-29(44-27)35-33(42)45-28)16-8-6-9-17(11-16)43-13-21(37)34-20-10-5-4-7-15(20)3/h4-11,14,18-19,22-27H,12-13H2,1-3H3,(H,34,37)(H,35,42)(H,40,41)/t18?,19?,22-,23?,24?,25?,26?,27?/m1/s1. The summed E-state index contributed by atoms with van der Waals surface area (Å²) in [6.45, 7) is 5.15. The quantitative estimate of drug-likeness (QED) is 0.306. The molecule has 10 nitrogen and oxygen atoms in total. The van der Waals surface area contributed by atoms with E-state index in [1.807, 2.05) is 49.4 Å². The third kappa shape index (κ3) is 4.80. The van der Waals surface area contributed by atoms with Crippen LogP contribution in [0.2, 0.25) is 0 Å². The SMILES string of the molecule is Cc1ccccc1NC(=O)COc1cccc([C@H]2c3sc(=O)[nH]c3SC3C4CC(C5C(=O)N(C(C(=O)O)C(C)C)C(=O)C45)C32)c1. The smallest absolute Gasteiger partial charge is 0.327 e. The van der Waals surface area contributed by atoms with Crippen molar-refractivity contribution >= 4 is 52.5 Å². The van der Waals surface area contributed by atoms with E-state index in [-0.39, 0.29) is 58.1 Å². The number of H-pyrrole nitrogens is 1. The largest absolute Gasteiger partial charge is 0.484 e. The van der Waals surface area contributed by atoms with E-state index in [0.29, 0.717) is 12.2 Å². The molecular formula is C33H33N3O7S2. The number of thioether (sulfide) groups is 1. The number of amides is 3. The van der Waals surface area contributed by atoms with Crippen LogP contribution in [0.25, 0.3) is 0 Å². The Kier molecular flexibility index (Phi) is 7.39. The molecule has 4 aliphatic rings. The molecule has 7 unspecified atom stereocenters. The van der Waals surface area contributed by atoms with Crippen molar-refractivity contribution in [1.82, 2.24) is 9.88 Å². The molecule has 3 amide bonds. The normalized spacial score (nSPS) is 28.5. The number of hydrogen-bond donors (Lipinski definition) is 3. The number of fused-ring (bicyclic) bond motifs is 9. The van der Waals surface area contributed by atoms with Crippen LogP contribution >= 0.6 is 23.1 Å². The molecule has 2 aliphatic heterocycles. The first-order valence-corrected chi connectivity index (χ1v) is 16.8. The zero-order chi connectivity index (χ0) is 31.7. The Bertz CT molecular complexity index is 1780. The van der Waals surface area contributed by atoms with Gasteiger partial charge in [0.2, 0.25) is 11.8 Å². The highest BCUT2D eigenvalue weighted by atomic mass is 32.2. The number of imide groups is 1. The van der Waals surface area contributed by atoms with E-state index >= 15 is 0 Å². The van der Waals surface area contributed by atoms with Gasteiger partial charge in [0.25, 0.3) is 5.91 Å². The lowest BCUT2D eigenvalue weighted by molar-refractivity contribution is -0.157. The molecule has 2 aliphatic carbocycles. The van der Waals surface area contributed by atoms with E-state index in [1.165, 1.54) is 0 Å². The van der Waals surface area contributed by atoms with E-state index in [0.717, 1.165) is 43.0 Å². The number of aliphatic carboxylic acids is 1. The van der Waals surface area contributed by atoms with Gasteiger partial charge in [0.05, 0.1) is 16.9 Å². The number of ether oxygens (including phenoxy) is 1. The molecule has 8 atom stereocenters. The van der Waals surface area contributed by atoms with Crippen LogP contribution in [-0.4, -0.2) is 56.6 Å². The van der Waals surface area contributed by atoms with Crippen LogP contribution in [0.5, 0.6) is 5.75 Å². The van der Waals surface area contributed by atoms with Gasteiger partial charge in [-0.3, -0.25) is 24.1 Å². The van der Waals surface area contributed by atoms with Crippen LogP contribution in [0.1, 0.15) is 42.2 Å². The number of carbonyl (C=O) groups excluding carboxylic acids is 3. The number of carboxylic acid groups (broad SMARTS) is 1. The molecule has 12 heteroatoms. The van der Waals surface area contributed by atoms with Gasteiger partial charge in [0.1, 0.15) is 11.8 Å². The van der Waals surface area contributed by atoms with Gasteiger partial charge in [0, 0.05) is 21.7 Å². The van der Waals surface area contributed by atoms with Crippen LogP contribution in [0.3, 0.4) is 0 Å². The van der Waals surface area contributed by atoms with Gasteiger partial charge in [-0.1, -0.05) is 55.5 Å². The number of aryl methyl sites for hydroxylation is 1. The number of aromatic amines is 1. The van der Waals surface area contributed by atoms with Crippen molar-refractivity contribution in [1.29, 1.82) is 0 Å². The summed E-state index contributed by atoms with van der Waals surface area (Å²) in [5.41, 5.74) is 2.57. The molecule has 3 fully saturated rings. The maximum Gasteiger partial charge on any atom is 0.327 e. The van der Waals surface area contributed by atoms with Gasteiger partial charge >= 0.3 is 10.8 Å². The van der Waals surface area contributed by atoms with Gasteiger partial charge in [-0.05, 0) is 66.3 Å². The molecule has 0 radical (unpaired) electrons. The zero-order valence-electron chi connectivity index (χ0n) is 24.9. The third-order valence-electron chi connectivity index (χ3n) is 9.93. The second-order valence-corrected chi connectivity index (χ2v) is 15.0. The number of carboxylic acids is 1. The topological polar surface area (TPSA) is 146 Å². The fourth-order valence-electron chi connectivity index (χ4n) is 8.23. The summed E-state index contributed by atoms with van der Waals surface area (Å²) in [5, 5.41) is 13.6. The fraction of sp³-hybridized carbons (Fsp3) is 0.424. The second-order valence-electron chi connectivity index (χ2n) is 12.8. The maximum absolute atomic E-state index is 13.9. The molecule has 2 saturated carbocycles. The minimum Gasteiger partial charge on any atom is -0.484 e. The van der Waals surface area contributed by atoms with Crippen LogP contribution in [0.4, 0.5) is 5.69 Å². The lowest BCUT2D eigenvalue weighted by Crippen LogP contribution is -2.49. The monoisotopic (exact) mass is 647 g/mol. The van der Waals surface area contributed by atoms with Crippen LogP contribution < -0.4 is 14.9 Å². The number of likely N-dealkylation sites (tertiary alicyclic amines) is 1. The number of nitrogens with zero attached hydrogens (tertiary/aromatic N) is 1. The summed E-state index contributed by atoms with van der Waals surface area (Å²) in [5.74, 6) is -3.78. The van der Waals surface area contributed by atoms with E-state index in [9.17, 15) is 29.1 Å². The molecule has 7 rings (SSSR count). The Morgan fingerprint density at radius 3 is 2.51 bits per heavy atom. The van der Waals surface area contributed by atoms with E-state index in [1.54, 1.807) is 31.7 Å². The molecule has 3 N–H and O–H groups in total. The Labute approximate surface area is 267 Å². The predicted octanol–water partition coefficient (Wildman–Crippen LogP) is 4.34. The highest BCUT2D eigenvalue weighted by Gasteiger charge is 2.70. The van der Waals surface area contributed by atoms with Gasteiger partial charge in [-0.15, -0.1) is 11.8 Å². The summed E-state index contributed by atoms with van der Waals surface area (Å²) < 4.78 is 5.92. The van der Waals surface area contributed by atoms with Crippen LogP contribution in [0, 0.1) is 42.4 Å². The summed E-state index contributed by atoms with van der Waals surface area (Å²) >= 11 is 2.74. The number of carbonyl (C=O) groups is 4. The average molecular weight is 648 g/mol. The number of aromatic nitrogens is 1. The van der Waals surface area contributed by atoms with Crippen molar-refractivity contribution in [3.63, 3.8) is 0 Å². The summed E-state index contributed by atoms with van der Waals surface area (Å²) in [7, 11) is 0. The Balaban J connectivity index is 1.18. The lowest BCUT2D eigenvalue weighted by Gasteiger charge is -2.43. The highest BCUT2D eigenvalue weighted by Crippen LogP contribution is 2.68. The van der Waals surface area contributed by atoms with Gasteiger partial charge in [0.15, 0.2) is 6.61 Å². The van der Waals surface area contributed by atoms with E-state index < -0.39 is 29.8 Å². The summed E-state index contributed by atoms with van der Waals surface area (Å²) in [6.07, 6.45) is 0.702. The number of thiazole rings is 1. The minimum absolute atomic E-state index is 0.0255. The predicted molar refractivity (Wildman–Crippen MR) is 168 cm³/mol. The zero-order valence-corrected chi connectivity index (χ0v) is 26.5. The van der Waals surface area contributed by atoms with Gasteiger partial charge < -0.3 is 20.1 Å². The van der Waals surface area contributed by atoms with Gasteiger partial charge in [-0.25, -0.2) is 4.79 Å². The molecule has 45 heavy (non-hydrogen) atoms. The Morgan fingerprint density at radius 2 is 1.80 bits per heavy atom. The molecular weight excluding hydrogens is 615 g/mol. The fourth-order valence-corrected chi connectivity index (χ4v) is 11.1. The highest BCUT2D eigenvalue weighted by molar-refractivity contribution is 8.00. The number of para-hydroxylation sites is 1. The number of hydrogen-bond acceptors (Lipinski definition) is 8. The minimum atomic E-state index is -1.20. The molecule has 2 bridgehead atoms. The second kappa shape index (κ2) is 11.2. The van der Waals surface area contributed by atoms with Crippen molar-refractivity contribution in [2.24, 2.45) is 35.5 Å². The molecule has 2 aromatic carbocycles. The summed E-state index contributed by atoms with van der Waals surface area (Å²) in [4.78, 5) is 69.8. The average Bonchev–Trinajstić information content (AvgIpc) is 3.73.